The summed E-state index contributed by atoms with van der Waals surface area (Å²) in [7, 11) is 0. The average molecular weight is 431 g/mol. The first-order chi connectivity index (χ1) is 13.1. The molecule has 2 aromatic carbocycles. The predicted molar refractivity (Wildman–Crippen MR) is 105 cm³/mol. The number of halogens is 1. The maximum atomic E-state index is 12.5. The van der Waals surface area contributed by atoms with E-state index in [-0.39, 0.29) is 24.2 Å². The van der Waals surface area contributed by atoms with Crippen LogP contribution in [0, 0.1) is 5.92 Å². The number of carbonyl (C=O) groups excluding carboxylic acids is 2. The Morgan fingerprint density at radius 3 is 2.37 bits per heavy atom. The minimum atomic E-state index is -0.155. The molecular weight excluding hydrogens is 412 g/mol. The van der Waals surface area contributed by atoms with Gasteiger partial charge in [-0.2, -0.15) is 0 Å². The summed E-state index contributed by atoms with van der Waals surface area (Å²) in [6.07, 6.45) is 2.09. The number of carbonyl (C=O) groups is 2. The second-order valence-corrected chi connectivity index (χ2v) is 7.51. The van der Waals surface area contributed by atoms with Gasteiger partial charge in [0.2, 0.25) is 11.8 Å². The van der Waals surface area contributed by atoms with Crippen molar-refractivity contribution in [2.75, 3.05) is 23.8 Å². The number of anilines is 2. The van der Waals surface area contributed by atoms with Gasteiger partial charge < -0.3 is 20.1 Å². The minimum Gasteiger partial charge on any atom is -0.486 e. The number of nitrogens with one attached hydrogen (secondary N) is 2. The first-order valence-corrected chi connectivity index (χ1v) is 9.66. The topological polar surface area (TPSA) is 76.7 Å². The van der Waals surface area contributed by atoms with Crippen molar-refractivity contribution in [1.29, 1.82) is 0 Å². The molecule has 1 aliphatic heterocycles. The van der Waals surface area contributed by atoms with Crippen molar-refractivity contribution < 1.29 is 19.1 Å². The molecule has 2 N–H and O–H groups in total. The fourth-order valence-corrected chi connectivity index (χ4v) is 3.35. The van der Waals surface area contributed by atoms with Gasteiger partial charge in [-0.3, -0.25) is 9.59 Å². The zero-order chi connectivity index (χ0) is 18.8. The Kier molecular flexibility index (Phi) is 5.03. The summed E-state index contributed by atoms with van der Waals surface area (Å²) < 4.78 is 11.9. The molecule has 0 spiro atoms. The second-order valence-electron chi connectivity index (χ2n) is 6.66. The van der Waals surface area contributed by atoms with Crippen molar-refractivity contribution in [1.82, 2.24) is 0 Å². The molecule has 7 heteroatoms. The molecule has 4 rings (SSSR count). The molecule has 0 unspecified atom stereocenters. The van der Waals surface area contributed by atoms with Crippen molar-refractivity contribution in [3.05, 3.63) is 46.4 Å². The van der Waals surface area contributed by atoms with E-state index < -0.39 is 0 Å². The van der Waals surface area contributed by atoms with Gasteiger partial charge in [0, 0.05) is 21.8 Å². The second kappa shape index (κ2) is 7.60. The Hall–Kier alpha value is -2.54. The van der Waals surface area contributed by atoms with E-state index in [1.807, 2.05) is 18.2 Å². The third-order valence-corrected chi connectivity index (χ3v) is 5.16. The van der Waals surface area contributed by atoms with E-state index in [9.17, 15) is 9.59 Å². The molecule has 1 fully saturated rings. The highest BCUT2D eigenvalue weighted by atomic mass is 79.9. The van der Waals surface area contributed by atoms with Gasteiger partial charge in [0.05, 0.1) is 6.42 Å². The lowest BCUT2D eigenvalue weighted by Crippen LogP contribution is -2.18. The summed E-state index contributed by atoms with van der Waals surface area (Å²) in [6, 6.07) is 10.8. The van der Waals surface area contributed by atoms with Gasteiger partial charge >= 0.3 is 0 Å². The Labute approximate surface area is 165 Å². The first kappa shape index (κ1) is 17.9. The zero-order valence-electron chi connectivity index (χ0n) is 14.6. The van der Waals surface area contributed by atoms with Crippen molar-refractivity contribution in [3.63, 3.8) is 0 Å². The van der Waals surface area contributed by atoms with E-state index in [2.05, 4.69) is 26.6 Å². The van der Waals surface area contributed by atoms with Crippen molar-refractivity contribution in [3.8, 4) is 11.5 Å². The molecular formula is C20H19BrN2O4. The van der Waals surface area contributed by atoms with E-state index in [4.69, 9.17) is 9.47 Å². The van der Waals surface area contributed by atoms with E-state index in [0.29, 0.717) is 36.1 Å². The smallest absolute Gasteiger partial charge is 0.228 e. The summed E-state index contributed by atoms with van der Waals surface area (Å²) in [5.74, 6) is 1.35. The van der Waals surface area contributed by atoms with E-state index in [1.165, 1.54) is 0 Å². The molecule has 140 valence electrons. The van der Waals surface area contributed by atoms with Gasteiger partial charge in [-0.1, -0.05) is 22.0 Å². The molecule has 6 nitrogen and oxygen atoms in total. The molecule has 0 radical (unpaired) electrons. The first-order valence-electron chi connectivity index (χ1n) is 8.87. The molecule has 1 saturated carbocycles. The molecule has 0 bridgehead atoms. The fourth-order valence-electron chi connectivity index (χ4n) is 2.88. The highest BCUT2D eigenvalue weighted by Crippen LogP contribution is 2.36. The molecule has 2 amide bonds. The van der Waals surface area contributed by atoms with Gasteiger partial charge in [0.25, 0.3) is 0 Å². The fraction of sp³-hybridized carbons (Fsp3) is 0.300. The average Bonchev–Trinajstić information content (AvgIpc) is 3.48. The third-order valence-electron chi connectivity index (χ3n) is 4.42. The minimum absolute atomic E-state index is 0.0404. The number of rotatable bonds is 5. The predicted octanol–water partition coefficient (Wildman–Crippen LogP) is 3.75. The lowest BCUT2D eigenvalue weighted by Gasteiger charge is -2.19. The quantitative estimate of drug-likeness (QED) is 0.756. The maximum Gasteiger partial charge on any atom is 0.228 e. The van der Waals surface area contributed by atoms with Gasteiger partial charge in [-0.05, 0) is 48.7 Å². The molecule has 2 aliphatic rings. The Morgan fingerprint density at radius 1 is 1.00 bits per heavy atom. The van der Waals surface area contributed by atoms with E-state index in [1.54, 1.807) is 18.2 Å². The number of hydrogen-bond donors (Lipinski definition) is 2. The number of amides is 2. The highest BCUT2D eigenvalue weighted by molar-refractivity contribution is 9.10. The van der Waals surface area contributed by atoms with Gasteiger partial charge in [-0.25, -0.2) is 0 Å². The molecule has 27 heavy (non-hydrogen) atoms. The number of fused-ring (bicyclic) bond motifs is 1. The van der Waals surface area contributed by atoms with Crippen molar-refractivity contribution >= 4 is 39.1 Å². The van der Waals surface area contributed by atoms with Gasteiger partial charge in [0.1, 0.15) is 13.2 Å². The molecule has 0 aromatic heterocycles. The number of ether oxygens (including phenoxy) is 2. The van der Waals surface area contributed by atoms with Crippen LogP contribution in [-0.2, 0) is 16.0 Å². The number of benzene rings is 2. The zero-order valence-corrected chi connectivity index (χ0v) is 16.2. The summed E-state index contributed by atoms with van der Waals surface area (Å²) in [4.78, 5) is 24.3. The van der Waals surface area contributed by atoms with Crippen LogP contribution in [0.3, 0.4) is 0 Å². The van der Waals surface area contributed by atoms with Crippen LogP contribution in [0.5, 0.6) is 11.5 Å². The van der Waals surface area contributed by atoms with Crippen LogP contribution in [0.2, 0.25) is 0 Å². The van der Waals surface area contributed by atoms with Crippen molar-refractivity contribution in [2.24, 2.45) is 5.92 Å². The van der Waals surface area contributed by atoms with Crippen LogP contribution in [0.25, 0.3) is 0 Å². The summed E-state index contributed by atoms with van der Waals surface area (Å²) in [5, 5.41) is 5.76. The Bertz CT molecular complexity index is 896. The SMILES string of the molecule is O=C(Cc1cc2c(cc1Br)OCCO2)Nc1cccc(NC(=O)C2CC2)c1. The summed E-state index contributed by atoms with van der Waals surface area (Å²) >= 11 is 3.48. The molecule has 0 saturated heterocycles. The van der Waals surface area contributed by atoms with Crippen LogP contribution in [0.1, 0.15) is 18.4 Å². The maximum absolute atomic E-state index is 12.5. The van der Waals surface area contributed by atoms with Crippen LogP contribution in [0.15, 0.2) is 40.9 Å². The Balaban J connectivity index is 1.41. The summed E-state index contributed by atoms with van der Waals surface area (Å²) in [5.41, 5.74) is 2.14. The molecule has 2 aromatic rings. The van der Waals surface area contributed by atoms with Crippen LogP contribution in [0.4, 0.5) is 11.4 Å². The molecule has 0 atom stereocenters. The standard InChI is InChI=1S/C20H19BrN2O4/c21-16-11-18-17(26-6-7-27-18)8-13(16)9-19(24)22-14-2-1-3-15(10-14)23-20(25)12-4-5-12/h1-3,8,10-12H,4-7,9H2,(H,22,24)(H,23,25). The van der Waals surface area contributed by atoms with Crippen molar-refractivity contribution in [2.45, 2.75) is 19.3 Å². The third kappa shape index (κ3) is 4.42. The largest absolute Gasteiger partial charge is 0.486 e. The number of hydrogen-bond acceptors (Lipinski definition) is 4. The van der Waals surface area contributed by atoms with Crippen LogP contribution >= 0.6 is 15.9 Å². The normalized spacial score (nSPS) is 15.1. The Morgan fingerprint density at radius 2 is 1.67 bits per heavy atom. The van der Waals surface area contributed by atoms with E-state index >= 15 is 0 Å². The molecule has 1 aliphatic carbocycles. The summed E-state index contributed by atoms with van der Waals surface area (Å²) in [6.45, 7) is 1.02. The van der Waals surface area contributed by atoms with Gasteiger partial charge in [0.15, 0.2) is 11.5 Å². The van der Waals surface area contributed by atoms with Gasteiger partial charge in [-0.15, -0.1) is 0 Å². The highest BCUT2D eigenvalue weighted by Gasteiger charge is 2.29. The lowest BCUT2D eigenvalue weighted by molar-refractivity contribution is -0.117. The molecule has 1 heterocycles. The van der Waals surface area contributed by atoms with E-state index in [0.717, 1.165) is 22.9 Å². The van der Waals surface area contributed by atoms with Crippen LogP contribution < -0.4 is 20.1 Å². The van der Waals surface area contributed by atoms with Crippen LogP contribution in [-0.4, -0.2) is 25.0 Å². The monoisotopic (exact) mass is 430 g/mol. The lowest BCUT2D eigenvalue weighted by atomic mass is 10.1.